The van der Waals surface area contributed by atoms with E-state index in [2.05, 4.69) is 26.6 Å². The van der Waals surface area contributed by atoms with Crippen LogP contribution in [-0.2, 0) is 20.6 Å². The van der Waals surface area contributed by atoms with Gasteiger partial charge in [0.05, 0.1) is 12.0 Å². The summed E-state index contributed by atoms with van der Waals surface area (Å²) in [6, 6.07) is 6.11. The summed E-state index contributed by atoms with van der Waals surface area (Å²) in [5.41, 5.74) is 3.32. The summed E-state index contributed by atoms with van der Waals surface area (Å²) in [5.74, 6) is 0.657. The Hall–Kier alpha value is -3.21. The number of hydrogen-bond donors (Lipinski definition) is 0. The number of imidazole rings is 1. The maximum absolute atomic E-state index is 12.8. The predicted molar refractivity (Wildman–Crippen MR) is 114 cm³/mol. The molecule has 3 aromatic heterocycles. The standard InChI is InChI=1S/C19H22N8O2S/c1-12-6-7-14(13(2)10-12)27-18(21-22-23-27)30-9-5-8-26-17(28)15-16(20-11-24(15)3)25(4)19(26)29/h6-7,10-11H,5,8-9H2,1-4H3. The van der Waals surface area contributed by atoms with Crippen molar-refractivity contribution in [1.82, 2.24) is 38.9 Å². The van der Waals surface area contributed by atoms with Crippen LogP contribution < -0.4 is 11.2 Å². The van der Waals surface area contributed by atoms with Crippen molar-refractivity contribution in [2.45, 2.75) is 32.0 Å². The third kappa shape index (κ3) is 3.45. The first kappa shape index (κ1) is 20.1. The van der Waals surface area contributed by atoms with Crippen LogP contribution in [0, 0.1) is 13.8 Å². The summed E-state index contributed by atoms with van der Waals surface area (Å²) in [5, 5.41) is 12.7. The zero-order chi connectivity index (χ0) is 21.4. The van der Waals surface area contributed by atoms with Gasteiger partial charge in [-0.1, -0.05) is 29.5 Å². The van der Waals surface area contributed by atoms with Gasteiger partial charge in [0.1, 0.15) is 0 Å². The predicted octanol–water partition coefficient (Wildman–Crippen LogP) is 1.21. The number of fused-ring (bicyclic) bond motifs is 1. The Morgan fingerprint density at radius 2 is 1.93 bits per heavy atom. The fourth-order valence-electron chi connectivity index (χ4n) is 3.44. The highest BCUT2D eigenvalue weighted by molar-refractivity contribution is 7.99. The highest BCUT2D eigenvalue weighted by atomic mass is 32.2. The van der Waals surface area contributed by atoms with E-state index in [0.29, 0.717) is 35.0 Å². The van der Waals surface area contributed by atoms with Crippen molar-refractivity contribution in [2.75, 3.05) is 5.75 Å². The van der Waals surface area contributed by atoms with Gasteiger partial charge in [-0.05, 0) is 42.3 Å². The van der Waals surface area contributed by atoms with E-state index in [4.69, 9.17) is 0 Å². The van der Waals surface area contributed by atoms with Crippen LogP contribution in [0.4, 0.5) is 0 Å². The molecule has 10 nitrogen and oxygen atoms in total. The largest absolute Gasteiger partial charge is 0.332 e. The maximum Gasteiger partial charge on any atom is 0.332 e. The molecule has 0 bridgehead atoms. The molecule has 0 spiro atoms. The van der Waals surface area contributed by atoms with E-state index in [1.54, 1.807) is 29.7 Å². The molecule has 0 saturated carbocycles. The van der Waals surface area contributed by atoms with Gasteiger partial charge in [-0.3, -0.25) is 13.9 Å². The first-order valence-electron chi connectivity index (χ1n) is 9.48. The molecule has 4 rings (SSSR count). The minimum absolute atomic E-state index is 0.310. The molecule has 3 heterocycles. The Balaban J connectivity index is 1.50. The van der Waals surface area contributed by atoms with Crippen molar-refractivity contribution >= 4 is 22.9 Å². The first-order valence-corrected chi connectivity index (χ1v) is 10.5. The molecule has 0 atom stereocenters. The molecular formula is C19H22N8O2S. The second kappa shape index (κ2) is 7.90. The summed E-state index contributed by atoms with van der Waals surface area (Å²) < 4.78 is 6.02. The van der Waals surface area contributed by atoms with Crippen LogP contribution in [0.25, 0.3) is 16.9 Å². The molecule has 156 valence electrons. The number of hydrogen-bond acceptors (Lipinski definition) is 7. The van der Waals surface area contributed by atoms with Crippen LogP contribution >= 0.6 is 11.8 Å². The highest BCUT2D eigenvalue weighted by Crippen LogP contribution is 2.22. The van der Waals surface area contributed by atoms with Gasteiger partial charge in [0.2, 0.25) is 5.16 Å². The van der Waals surface area contributed by atoms with Crippen molar-refractivity contribution in [3.8, 4) is 5.69 Å². The van der Waals surface area contributed by atoms with E-state index < -0.39 is 0 Å². The first-order chi connectivity index (χ1) is 14.4. The zero-order valence-corrected chi connectivity index (χ0v) is 18.0. The minimum Gasteiger partial charge on any atom is -0.328 e. The van der Waals surface area contributed by atoms with Crippen LogP contribution in [0.3, 0.4) is 0 Å². The molecule has 4 aromatic rings. The number of nitrogens with zero attached hydrogens (tertiary/aromatic N) is 8. The maximum atomic E-state index is 12.8. The summed E-state index contributed by atoms with van der Waals surface area (Å²) in [7, 11) is 3.37. The van der Waals surface area contributed by atoms with Crippen molar-refractivity contribution in [1.29, 1.82) is 0 Å². The van der Waals surface area contributed by atoms with Crippen molar-refractivity contribution in [3.63, 3.8) is 0 Å². The molecule has 0 N–H and O–H groups in total. The quantitative estimate of drug-likeness (QED) is 0.337. The van der Waals surface area contributed by atoms with Crippen molar-refractivity contribution < 1.29 is 0 Å². The normalized spacial score (nSPS) is 11.5. The van der Waals surface area contributed by atoms with E-state index >= 15 is 0 Å². The Kier molecular flexibility index (Phi) is 5.29. The van der Waals surface area contributed by atoms with E-state index in [1.165, 1.54) is 26.5 Å². The fourth-order valence-corrected chi connectivity index (χ4v) is 4.25. The Morgan fingerprint density at radius 3 is 2.70 bits per heavy atom. The molecule has 0 fully saturated rings. The second-order valence-corrected chi connectivity index (χ2v) is 8.25. The molecule has 0 aliphatic heterocycles. The number of aromatic nitrogens is 8. The van der Waals surface area contributed by atoms with Crippen molar-refractivity contribution in [3.05, 3.63) is 56.5 Å². The Morgan fingerprint density at radius 1 is 1.13 bits per heavy atom. The lowest BCUT2D eigenvalue weighted by Crippen LogP contribution is -2.39. The summed E-state index contributed by atoms with van der Waals surface area (Å²) in [4.78, 5) is 29.5. The highest BCUT2D eigenvalue weighted by Gasteiger charge is 2.15. The fraction of sp³-hybridized carbons (Fsp3) is 0.368. The molecule has 0 radical (unpaired) electrons. The minimum atomic E-state index is -0.365. The van der Waals surface area contributed by atoms with Gasteiger partial charge in [-0.15, -0.1) is 5.10 Å². The third-order valence-electron chi connectivity index (χ3n) is 4.98. The zero-order valence-electron chi connectivity index (χ0n) is 17.2. The number of rotatable bonds is 6. The topological polar surface area (TPSA) is 105 Å². The molecule has 0 aliphatic rings. The second-order valence-electron chi connectivity index (χ2n) is 7.19. The number of aryl methyl sites for hydroxylation is 4. The van der Waals surface area contributed by atoms with E-state index in [1.807, 2.05) is 26.0 Å². The average Bonchev–Trinajstić information content (AvgIpc) is 3.32. The smallest absolute Gasteiger partial charge is 0.328 e. The van der Waals surface area contributed by atoms with Gasteiger partial charge < -0.3 is 4.57 Å². The van der Waals surface area contributed by atoms with Gasteiger partial charge in [0.15, 0.2) is 11.2 Å². The Labute approximate surface area is 176 Å². The van der Waals surface area contributed by atoms with Crippen LogP contribution in [0.1, 0.15) is 17.5 Å². The molecule has 30 heavy (non-hydrogen) atoms. The molecule has 0 saturated heterocycles. The summed E-state index contributed by atoms with van der Waals surface area (Å²) in [6.45, 7) is 4.38. The van der Waals surface area contributed by atoms with Crippen LogP contribution in [0.5, 0.6) is 0 Å². The van der Waals surface area contributed by atoms with Gasteiger partial charge >= 0.3 is 5.69 Å². The van der Waals surface area contributed by atoms with Gasteiger partial charge in [0, 0.05) is 26.4 Å². The number of tetrazole rings is 1. The lowest BCUT2D eigenvalue weighted by atomic mass is 10.1. The molecule has 0 amide bonds. The monoisotopic (exact) mass is 426 g/mol. The lowest BCUT2D eigenvalue weighted by molar-refractivity contribution is 0.594. The number of benzene rings is 1. The number of thioether (sulfide) groups is 1. The molecule has 1 aromatic carbocycles. The molecule has 0 unspecified atom stereocenters. The van der Waals surface area contributed by atoms with E-state index in [-0.39, 0.29) is 11.2 Å². The summed E-state index contributed by atoms with van der Waals surface area (Å²) in [6.07, 6.45) is 2.15. The average molecular weight is 427 g/mol. The van der Waals surface area contributed by atoms with Crippen molar-refractivity contribution in [2.24, 2.45) is 14.1 Å². The summed E-state index contributed by atoms with van der Waals surface area (Å²) >= 11 is 1.49. The molecular weight excluding hydrogens is 404 g/mol. The van der Waals surface area contributed by atoms with Crippen LogP contribution in [0.2, 0.25) is 0 Å². The van der Waals surface area contributed by atoms with Gasteiger partial charge in [0.25, 0.3) is 5.56 Å². The van der Waals surface area contributed by atoms with Gasteiger partial charge in [-0.25, -0.2) is 9.78 Å². The SMILES string of the molecule is Cc1ccc(-n2nnnc2SCCCn2c(=O)c3c(ncn3C)n(C)c2=O)c(C)c1. The lowest BCUT2D eigenvalue weighted by Gasteiger charge is -2.09. The molecule has 0 aliphatic carbocycles. The third-order valence-corrected chi connectivity index (χ3v) is 5.99. The van der Waals surface area contributed by atoms with E-state index in [0.717, 1.165) is 11.3 Å². The Bertz CT molecular complexity index is 1350. The van der Waals surface area contributed by atoms with Crippen LogP contribution in [-0.4, -0.2) is 44.6 Å². The van der Waals surface area contributed by atoms with Crippen LogP contribution in [0.15, 0.2) is 39.3 Å². The molecule has 11 heteroatoms. The van der Waals surface area contributed by atoms with E-state index in [9.17, 15) is 9.59 Å². The van der Waals surface area contributed by atoms with Gasteiger partial charge in [-0.2, -0.15) is 4.68 Å².